The third-order valence-electron chi connectivity index (χ3n) is 4.57. The van der Waals surface area contributed by atoms with Crippen molar-refractivity contribution in [3.63, 3.8) is 0 Å². The Balaban J connectivity index is 1.45. The van der Waals surface area contributed by atoms with Crippen LogP contribution in [0, 0.1) is 13.8 Å². The molecule has 1 aromatic rings. The smallest absolute Gasteiger partial charge is 0.242 e. The molecule has 2 saturated heterocycles. The van der Waals surface area contributed by atoms with Gasteiger partial charge in [0.05, 0.1) is 18.3 Å². The maximum Gasteiger partial charge on any atom is 0.242 e. The van der Waals surface area contributed by atoms with Crippen LogP contribution < -0.4 is 10.6 Å². The van der Waals surface area contributed by atoms with Gasteiger partial charge >= 0.3 is 0 Å². The summed E-state index contributed by atoms with van der Waals surface area (Å²) in [6.07, 6.45) is 2.67. The molecule has 2 aliphatic rings. The second-order valence-electron chi connectivity index (χ2n) is 6.63. The van der Waals surface area contributed by atoms with Crippen LogP contribution in [0.25, 0.3) is 0 Å². The molecule has 3 rings (SSSR count). The van der Waals surface area contributed by atoms with E-state index in [2.05, 4.69) is 33.6 Å². The largest absolute Gasteiger partial charge is 0.354 e. The lowest BCUT2D eigenvalue weighted by Crippen LogP contribution is -2.54. The summed E-state index contributed by atoms with van der Waals surface area (Å²) >= 11 is 0. The number of carbonyl (C=O) groups is 2. The van der Waals surface area contributed by atoms with Crippen LogP contribution in [-0.4, -0.2) is 58.7 Å². The molecular formula is C16H25N5O2. The van der Waals surface area contributed by atoms with E-state index in [9.17, 15) is 9.59 Å². The lowest BCUT2D eigenvalue weighted by atomic mass is 10.1. The second kappa shape index (κ2) is 6.70. The van der Waals surface area contributed by atoms with Gasteiger partial charge in [0.25, 0.3) is 0 Å². The zero-order chi connectivity index (χ0) is 16.4. The molecule has 1 atom stereocenters. The van der Waals surface area contributed by atoms with Gasteiger partial charge in [0.15, 0.2) is 0 Å². The number of nitrogens with zero attached hydrogens (tertiary/aromatic N) is 3. The van der Waals surface area contributed by atoms with Crippen LogP contribution in [0.4, 0.5) is 0 Å². The van der Waals surface area contributed by atoms with E-state index < -0.39 is 0 Å². The zero-order valence-electron chi connectivity index (χ0n) is 13.8. The van der Waals surface area contributed by atoms with Crippen LogP contribution in [0.15, 0.2) is 6.07 Å². The highest BCUT2D eigenvalue weighted by Gasteiger charge is 2.32. The molecule has 2 fully saturated rings. The lowest BCUT2D eigenvalue weighted by molar-refractivity contribution is -0.130. The molecule has 0 saturated carbocycles. The molecule has 1 aromatic heterocycles. The maximum absolute atomic E-state index is 12.1. The molecule has 7 heteroatoms. The summed E-state index contributed by atoms with van der Waals surface area (Å²) in [5, 5.41) is 10.2. The number of aromatic nitrogens is 2. The minimum atomic E-state index is -0.377. The first kappa shape index (κ1) is 16.0. The van der Waals surface area contributed by atoms with Gasteiger partial charge in [-0.2, -0.15) is 5.10 Å². The molecule has 2 amide bonds. The van der Waals surface area contributed by atoms with Crippen LogP contribution in [0.2, 0.25) is 0 Å². The summed E-state index contributed by atoms with van der Waals surface area (Å²) in [7, 11) is 0. The summed E-state index contributed by atoms with van der Waals surface area (Å²) in [4.78, 5) is 26.1. The molecule has 2 aliphatic heterocycles. The maximum atomic E-state index is 12.1. The standard InChI is InChI=1S/C16H25N5O2/c1-11-7-12(2)21(19-11)13-8-20(9-13)10-15(22)18-14-5-3-4-6-17-16(14)23/h7,13-14H,3-6,8-10H2,1-2H3,(H,17,23)(H,18,22). The van der Waals surface area contributed by atoms with E-state index in [1.165, 1.54) is 0 Å². The lowest BCUT2D eigenvalue weighted by Gasteiger charge is -2.39. The molecule has 23 heavy (non-hydrogen) atoms. The van der Waals surface area contributed by atoms with Crippen molar-refractivity contribution >= 4 is 11.8 Å². The van der Waals surface area contributed by atoms with Crippen molar-refractivity contribution in [2.75, 3.05) is 26.2 Å². The summed E-state index contributed by atoms with van der Waals surface area (Å²) in [5.74, 6) is -0.126. The van der Waals surface area contributed by atoms with E-state index in [0.717, 1.165) is 43.7 Å². The minimum absolute atomic E-state index is 0.0556. The molecule has 0 spiro atoms. The molecule has 0 radical (unpaired) electrons. The van der Waals surface area contributed by atoms with E-state index in [1.807, 2.05) is 11.6 Å². The summed E-state index contributed by atoms with van der Waals surface area (Å²) in [6, 6.07) is 2.04. The Bertz CT molecular complexity index is 591. The number of likely N-dealkylation sites (tertiary alicyclic amines) is 1. The fraction of sp³-hybridized carbons (Fsp3) is 0.688. The quantitative estimate of drug-likeness (QED) is 0.827. The van der Waals surface area contributed by atoms with Crippen LogP contribution in [0.1, 0.15) is 36.7 Å². The molecule has 0 aromatic carbocycles. The third kappa shape index (κ3) is 3.72. The fourth-order valence-electron chi connectivity index (χ4n) is 3.36. The van der Waals surface area contributed by atoms with E-state index in [4.69, 9.17) is 0 Å². The molecule has 7 nitrogen and oxygen atoms in total. The number of aryl methyl sites for hydroxylation is 2. The highest BCUT2D eigenvalue weighted by Crippen LogP contribution is 2.22. The van der Waals surface area contributed by atoms with Gasteiger partial charge in [0, 0.05) is 25.3 Å². The highest BCUT2D eigenvalue weighted by atomic mass is 16.2. The Kier molecular flexibility index (Phi) is 4.66. The predicted molar refractivity (Wildman–Crippen MR) is 86.0 cm³/mol. The number of carbonyl (C=O) groups excluding carboxylic acids is 2. The van der Waals surface area contributed by atoms with Crippen molar-refractivity contribution in [3.8, 4) is 0 Å². The molecule has 1 unspecified atom stereocenters. The van der Waals surface area contributed by atoms with Crippen LogP contribution >= 0.6 is 0 Å². The van der Waals surface area contributed by atoms with Crippen LogP contribution in [-0.2, 0) is 9.59 Å². The van der Waals surface area contributed by atoms with Gasteiger partial charge < -0.3 is 10.6 Å². The molecule has 0 aliphatic carbocycles. The number of rotatable bonds is 4. The average Bonchev–Trinajstić information content (AvgIpc) is 2.64. The number of nitrogens with one attached hydrogen (secondary N) is 2. The fourth-order valence-corrected chi connectivity index (χ4v) is 3.36. The van der Waals surface area contributed by atoms with Gasteiger partial charge in [-0.1, -0.05) is 0 Å². The van der Waals surface area contributed by atoms with Crippen molar-refractivity contribution in [1.29, 1.82) is 0 Å². The van der Waals surface area contributed by atoms with Gasteiger partial charge in [-0.05, 0) is 39.2 Å². The average molecular weight is 319 g/mol. The molecular weight excluding hydrogens is 294 g/mol. The van der Waals surface area contributed by atoms with Gasteiger partial charge in [0.2, 0.25) is 11.8 Å². The summed E-state index contributed by atoms with van der Waals surface area (Å²) in [5.41, 5.74) is 2.18. The van der Waals surface area contributed by atoms with Crippen molar-refractivity contribution in [3.05, 3.63) is 17.5 Å². The topological polar surface area (TPSA) is 79.3 Å². The van der Waals surface area contributed by atoms with Crippen molar-refractivity contribution in [2.24, 2.45) is 0 Å². The van der Waals surface area contributed by atoms with Gasteiger partial charge in [-0.3, -0.25) is 19.2 Å². The molecule has 3 heterocycles. The van der Waals surface area contributed by atoms with Crippen LogP contribution in [0.5, 0.6) is 0 Å². The van der Waals surface area contributed by atoms with Gasteiger partial charge in [-0.25, -0.2) is 0 Å². The summed E-state index contributed by atoms with van der Waals surface area (Å²) in [6.45, 7) is 6.75. The Morgan fingerprint density at radius 3 is 2.87 bits per heavy atom. The second-order valence-corrected chi connectivity index (χ2v) is 6.63. The summed E-state index contributed by atoms with van der Waals surface area (Å²) < 4.78 is 2.04. The van der Waals surface area contributed by atoms with Crippen molar-refractivity contribution < 1.29 is 9.59 Å². The number of hydrogen-bond donors (Lipinski definition) is 2. The molecule has 126 valence electrons. The SMILES string of the molecule is Cc1cc(C)n(C2CN(CC(=O)NC3CCCCNC3=O)C2)n1. The Labute approximate surface area is 136 Å². The first-order valence-electron chi connectivity index (χ1n) is 8.35. The van der Waals surface area contributed by atoms with E-state index >= 15 is 0 Å². The Morgan fingerprint density at radius 1 is 1.39 bits per heavy atom. The minimum Gasteiger partial charge on any atom is -0.354 e. The Hall–Kier alpha value is -1.89. The van der Waals surface area contributed by atoms with Crippen molar-refractivity contribution in [2.45, 2.75) is 45.2 Å². The monoisotopic (exact) mass is 319 g/mol. The highest BCUT2D eigenvalue weighted by molar-refractivity contribution is 5.88. The van der Waals surface area contributed by atoms with Crippen molar-refractivity contribution in [1.82, 2.24) is 25.3 Å². The molecule has 0 bridgehead atoms. The third-order valence-corrected chi connectivity index (χ3v) is 4.57. The number of hydrogen-bond acceptors (Lipinski definition) is 4. The molecule has 2 N–H and O–H groups in total. The number of amides is 2. The van der Waals surface area contributed by atoms with Crippen LogP contribution in [0.3, 0.4) is 0 Å². The van der Waals surface area contributed by atoms with E-state index in [1.54, 1.807) is 0 Å². The zero-order valence-corrected chi connectivity index (χ0v) is 13.8. The van der Waals surface area contributed by atoms with E-state index in [-0.39, 0.29) is 17.9 Å². The Morgan fingerprint density at radius 2 is 2.17 bits per heavy atom. The van der Waals surface area contributed by atoms with Gasteiger partial charge in [0.1, 0.15) is 6.04 Å². The van der Waals surface area contributed by atoms with Gasteiger partial charge in [-0.15, -0.1) is 0 Å². The van der Waals surface area contributed by atoms with E-state index in [0.29, 0.717) is 19.1 Å². The predicted octanol–water partition coefficient (Wildman–Crippen LogP) is 0.142. The first-order valence-corrected chi connectivity index (χ1v) is 8.35. The normalized spacial score (nSPS) is 23.0. The first-order chi connectivity index (χ1) is 11.0.